The lowest BCUT2D eigenvalue weighted by molar-refractivity contribution is 0.470. The third kappa shape index (κ3) is 4.97. The fourth-order valence-electron chi connectivity index (χ4n) is 4.97. The summed E-state index contributed by atoms with van der Waals surface area (Å²) in [6, 6.07) is 19.9. The van der Waals surface area contributed by atoms with Crippen LogP contribution in [0.2, 0.25) is 0 Å². The molecule has 200 valence electrons. The Kier molecular flexibility index (Phi) is 7.08. The van der Waals surface area contributed by atoms with Crippen LogP contribution in [0.1, 0.15) is 81.8 Å². The number of rotatable bonds is 7. The second kappa shape index (κ2) is 10.5. The number of phenols is 1. The van der Waals surface area contributed by atoms with Crippen LogP contribution in [-0.2, 0) is 0 Å². The number of hydrogen-bond acceptors (Lipinski definition) is 5. The van der Waals surface area contributed by atoms with Gasteiger partial charge in [0.1, 0.15) is 23.6 Å². The van der Waals surface area contributed by atoms with E-state index in [2.05, 4.69) is 74.5 Å². The molecule has 5 aromatic rings. The Bertz CT molecular complexity index is 1600. The molecule has 5 rings (SSSR count). The van der Waals surface area contributed by atoms with Gasteiger partial charge >= 0.3 is 0 Å². The van der Waals surface area contributed by atoms with E-state index in [4.69, 9.17) is 10.1 Å². The van der Waals surface area contributed by atoms with Crippen LogP contribution < -0.4 is 0 Å². The number of nitrogens with zero attached hydrogens (tertiary/aromatic N) is 6. The first-order valence-corrected chi connectivity index (χ1v) is 13.6. The number of benzene rings is 3. The second-order valence-corrected chi connectivity index (χ2v) is 11.0. The molecule has 3 aromatic carbocycles. The van der Waals surface area contributed by atoms with Crippen molar-refractivity contribution in [3.8, 4) is 39.9 Å². The molecule has 2 heterocycles. The van der Waals surface area contributed by atoms with Crippen molar-refractivity contribution >= 4 is 0 Å². The van der Waals surface area contributed by atoms with Gasteiger partial charge in [-0.1, -0.05) is 84.0 Å². The Morgan fingerprint density at radius 1 is 0.769 bits per heavy atom. The van der Waals surface area contributed by atoms with Crippen LogP contribution >= 0.6 is 0 Å². The van der Waals surface area contributed by atoms with E-state index in [-0.39, 0.29) is 5.75 Å². The van der Waals surface area contributed by atoms with Crippen LogP contribution in [-0.4, -0.2) is 34.6 Å². The van der Waals surface area contributed by atoms with Crippen molar-refractivity contribution in [1.82, 2.24) is 29.5 Å². The van der Waals surface area contributed by atoms with Gasteiger partial charge in [0.15, 0.2) is 11.6 Å². The lowest BCUT2D eigenvalue weighted by Gasteiger charge is -2.24. The highest BCUT2D eigenvalue weighted by atomic mass is 16.3. The van der Waals surface area contributed by atoms with Gasteiger partial charge < -0.3 is 5.11 Å². The first kappa shape index (κ1) is 26.4. The summed E-state index contributed by atoms with van der Waals surface area (Å²) in [5.41, 5.74) is 7.48. The number of aryl methyl sites for hydroxylation is 1. The Labute approximate surface area is 230 Å². The molecular weight excluding hydrogens is 484 g/mol. The summed E-state index contributed by atoms with van der Waals surface area (Å²) >= 11 is 0. The molecule has 0 aliphatic heterocycles. The Morgan fingerprint density at radius 3 is 2.08 bits per heavy atom. The fourth-order valence-corrected chi connectivity index (χ4v) is 4.97. The van der Waals surface area contributed by atoms with Gasteiger partial charge in [0.2, 0.25) is 0 Å². The molecule has 1 N–H and O–H groups in total. The van der Waals surface area contributed by atoms with Crippen LogP contribution in [0.3, 0.4) is 0 Å². The lowest BCUT2D eigenvalue weighted by Crippen LogP contribution is -2.10. The third-order valence-electron chi connectivity index (χ3n) is 7.15. The number of aromatic nitrogens is 6. The first-order chi connectivity index (χ1) is 18.7. The highest BCUT2D eigenvalue weighted by Crippen LogP contribution is 2.37. The van der Waals surface area contributed by atoms with Crippen LogP contribution in [0.25, 0.3) is 34.2 Å². The first-order valence-electron chi connectivity index (χ1n) is 13.6. The summed E-state index contributed by atoms with van der Waals surface area (Å²) < 4.78 is 3.80. The summed E-state index contributed by atoms with van der Waals surface area (Å²) in [6.45, 7) is 15.3. The molecule has 0 atom stereocenters. The maximum atomic E-state index is 10.3. The van der Waals surface area contributed by atoms with E-state index in [1.807, 2.05) is 43.6 Å². The molecule has 0 bridgehead atoms. The topological polar surface area (TPSA) is 81.7 Å². The summed E-state index contributed by atoms with van der Waals surface area (Å²) in [5, 5.41) is 24.0. The van der Waals surface area contributed by atoms with Crippen molar-refractivity contribution in [2.75, 3.05) is 0 Å². The molecule has 0 spiro atoms. The minimum absolute atomic E-state index is 0.157. The zero-order chi connectivity index (χ0) is 27.8. The minimum atomic E-state index is 0.157. The lowest BCUT2D eigenvalue weighted by atomic mass is 9.87. The molecule has 0 aliphatic rings. The van der Waals surface area contributed by atoms with Gasteiger partial charge in [-0.05, 0) is 59.6 Å². The molecule has 0 radical (unpaired) electrons. The smallest absolute Gasteiger partial charge is 0.181 e. The Balaban J connectivity index is 1.62. The van der Waals surface area contributed by atoms with Crippen LogP contribution in [0, 0.1) is 6.92 Å². The van der Waals surface area contributed by atoms with Gasteiger partial charge in [0, 0.05) is 11.1 Å². The van der Waals surface area contributed by atoms with Gasteiger partial charge in [0.05, 0.1) is 5.69 Å². The predicted octanol–water partition coefficient (Wildman–Crippen LogP) is 7.57. The van der Waals surface area contributed by atoms with E-state index >= 15 is 0 Å². The molecular formula is C32H36N6O. The van der Waals surface area contributed by atoms with E-state index < -0.39 is 0 Å². The predicted molar refractivity (Wildman–Crippen MR) is 156 cm³/mol. The van der Waals surface area contributed by atoms with Crippen molar-refractivity contribution in [2.45, 2.75) is 66.2 Å². The number of para-hydroxylation sites is 2. The van der Waals surface area contributed by atoms with E-state index in [0.717, 1.165) is 22.6 Å². The SMILES string of the molecule is Cc1nc(-c2cccc(-c3nncn3-c3c(C(C)C)cc(C(C)C)cc3C(C)C)c2)nn1-c1ccccc1O. The maximum Gasteiger partial charge on any atom is 0.181 e. The van der Waals surface area contributed by atoms with Gasteiger partial charge in [-0.15, -0.1) is 15.3 Å². The fraction of sp³-hybridized carbons (Fsp3) is 0.312. The minimum Gasteiger partial charge on any atom is -0.506 e. The quantitative estimate of drug-likeness (QED) is 0.239. The summed E-state index contributed by atoms with van der Waals surface area (Å²) in [6.07, 6.45) is 1.82. The second-order valence-electron chi connectivity index (χ2n) is 11.0. The van der Waals surface area contributed by atoms with Crippen molar-refractivity contribution in [3.05, 3.63) is 89.5 Å². The number of hydrogen-bond donors (Lipinski definition) is 1. The van der Waals surface area contributed by atoms with Gasteiger partial charge in [-0.2, -0.15) is 0 Å². The molecule has 0 saturated heterocycles. The van der Waals surface area contributed by atoms with E-state index in [0.29, 0.717) is 35.1 Å². The zero-order valence-electron chi connectivity index (χ0n) is 23.7. The van der Waals surface area contributed by atoms with Gasteiger partial charge in [-0.3, -0.25) is 4.57 Å². The molecule has 0 fully saturated rings. The maximum absolute atomic E-state index is 10.3. The van der Waals surface area contributed by atoms with Crippen LogP contribution in [0.4, 0.5) is 0 Å². The standard InChI is InChI=1S/C32H36N6O/c1-19(2)25-16-26(20(3)4)30(27(17-25)21(5)6)37-18-33-35-32(37)24-12-10-11-23(15-24)31-34-22(7)38(36-31)28-13-8-9-14-29(28)39/h8-21,39H,1-7H3. The zero-order valence-corrected chi connectivity index (χ0v) is 23.7. The average molecular weight is 521 g/mol. The molecule has 7 heteroatoms. The number of phenolic OH excluding ortho intramolecular Hbond substituents is 1. The molecule has 0 unspecified atom stereocenters. The van der Waals surface area contributed by atoms with Crippen LogP contribution in [0.15, 0.2) is 67.0 Å². The molecule has 0 saturated carbocycles. The molecule has 0 aliphatic carbocycles. The van der Waals surface area contributed by atoms with Crippen LogP contribution in [0.5, 0.6) is 5.75 Å². The monoisotopic (exact) mass is 520 g/mol. The summed E-state index contributed by atoms with van der Waals surface area (Å²) in [5.74, 6) is 3.31. The highest BCUT2D eigenvalue weighted by molar-refractivity contribution is 5.68. The van der Waals surface area contributed by atoms with Crippen molar-refractivity contribution < 1.29 is 5.11 Å². The van der Waals surface area contributed by atoms with Crippen molar-refractivity contribution in [2.24, 2.45) is 0 Å². The Morgan fingerprint density at radius 2 is 1.44 bits per heavy atom. The van der Waals surface area contributed by atoms with Gasteiger partial charge in [0.25, 0.3) is 0 Å². The largest absolute Gasteiger partial charge is 0.506 e. The van der Waals surface area contributed by atoms with E-state index in [9.17, 15) is 5.11 Å². The third-order valence-corrected chi connectivity index (χ3v) is 7.15. The number of aromatic hydroxyl groups is 1. The Hall–Kier alpha value is -4.26. The molecule has 2 aromatic heterocycles. The van der Waals surface area contributed by atoms with Crippen molar-refractivity contribution in [1.29, 1.82) is 0 Å². The highest BCUT2D eigenvalue weighted by Gasteiger charge is 2.22. The summed E-state index contributed by atoms with van der Waals surface area (Å²) in [4.78, 5) is 4.70. The van der Waals surface area contributed by atoms with E-state index in [1.54, 1.807) is 16.8 Å². The van der Waals surface area contributed by atoms with Gasteiger partial charge in [-0.25, -0.2) is 9.67 Å². The average Bonchev–Trinajstić information content (AvgIpc) is 3.55. The normalized spacial score (nSPS) is 11.7. The van der Waals surface area contributed by atoms with E-state index in [1.165, 1.54) is 16.7 Å². The molecule has 7 nitrogen and oxygen atoms in total. The summed E-state index contributed by atoms with van der Waals surface area (Å²) in [7, 11) is 0. The molecule has 0 amide bonds. The molecule has 39 heavy (non-hydrogen) atoms. The van der Waals surface area contributed by atoms with Crippen molar-refractivity contribution in [3.63, 3.8) is 0 Å².